The van der Waals surface area contributed by atoms with Gasteiger partial charge in [0.2, 0.25) is 5.91 Å². The van der Waals surface area contributed by atoms with E-state index < -0.39 is 0 Å². The Hall–Kier alpha value is -1.30. The number of hydrogen-bond donors (Lipinski definition) is 0. The fourth-order valence-corrected chi connectivity index (χ4v) is 3.63. The van der Waals surface area contributed by atoms with Crippen LogP contribution in [0.1, 0.15) is 25.5 Å². The van der Waals surface area contributed by atoms with Gasteiger partial charge >= 0.3 is 0 Å². The lowest BCUT2D eigenvalue weighted by atomic mass is 10.0. The lowest BCUT2D eigenvalue weighted by Crippen LogP contribution is -2.44. The van der Waals surface area contributed by atoms with E-state index in [2.05, 4.69) is 9.88 Å². The number of likely N-dealkylation sites (tertiary alicyclic amines) is 1. The maximum absolute atomic E-state index is 11.5. The van der Waals surface area contributed by atoms with E-state index in [1.165, 1.54) is 0 Å². The van der Waals surface area contributed by atoms with E-state index in [1.54, 1.807) is 13.0 Å². The molecule has 0 spiro atoms. The number of amides is 1. The van der Waals surface area contributed by atoms with E-state index in [0.29, 0.717) is 16.1 Å². The Labute approximate surface area is 145 Å². The maximum atomic E-state index is 11.5. The average molecular weight is 355 g/mol. The maximum Gasteiger partial charge on any atom is 0.219 e. The number of nitrogens with zero attached hydrogens (tertiary/aromatic N) is 4. The van der Waals surface area contributed by atoms with E-state index >= 15 is 0 Å². The largest absolute Gasteiger partial charge is 0.343 e. The van der Waals surface area contributed by atoms with Crippen LogP contribution in [0.25, 0.3) is 5.65 Å². The number of rotatable bonds is 3. The van der Waals surface area contributed by atoms with Crippen LogP contribution in [-0.2, 0) is 11.3 Å². The number of piperidine rings is 1. The summed E-state index contributed by atoms with van der Waals surface area (Å²) >= 11 is 12.2. The van der Waals surface area contributed by atoms with Gasteiger partial charge in [-0.15, -0.1) is 0 Å². The molecule has 3 rings (SSSR count). The van der Waals surface area contributed by atoms with Crippen LogP contribution in [0.4, 0.5) is 0 Å². The Kier molecular flexibility index (Phi) is 4.80. The SMILES string of the molecule is CC(=O)N(C)C1CCN(Cc2cn3cc(Cl)cc(Cl)c3n2)CC1. The van der Waals surface area contributed by atoms with Gasteiger partial charge < -0.3 is 9.30 Å². The molecule has 2 aromatic heterocycles. The molecule has 124 valence electrons. The Morgan fingerprint density at radius 1 is 1.35 bits per heavy atom. The normalized spacial score (nSPS) is 16.9. The molecule has 1 saturated heterocycles. The molecule has 1 fully saturated rings. The molecule has 0 atom stereocenters. The molecular formula is C16H20Cl2N4O. The van der Waals surface area contributed by atoms with Crippen molar-refractivity contribution < 1.29 is 4.79 Å². The number of aromatic nitrogens is 2. The van der Waals surface area contributed by atoms with Gasteiger partial charge in [0.05, 0.1) is 15.7 Å². The van der Waals surface area contributed by atoms with E-state index in [0.717, 1.165) is 43.8 Å². The minimum Gasteiger partial charge on any atom is -0.343 e. The van der Waals surface area contributed by atoms with Crippen LogP contribution in [0.3, 0.4) is 0 Å². The molecule has 3 heterocycles. The Balaban J connectivity index is 1.65. The van der Waals surface area contributed by atoms with Crippen LogP contribution in [0.2, 0.25) is 10.0 Å². The van der Waals surface area contributed by atoms with Crippen molar-refractivity contribution in [2.45, 2.75) is 32.4 Å². The highest BCUT2D eigenvalue weighted by molar-refractivity contribution is 6.36. The molecule has 0 unspecified atom stereocenters. The highest BCUT2D eigenvalue weighted by atomic mass is 35.5. The summed E-state index contributed by atoms with van der Waals surface area (Å²) in [4.78, 5) is 20.3. The first-order valence-corrected chi connectivity index (χ1v) is 8.48. The molecule has 1 amide bonds. The molecule has 0 aliphatic carbocycles. The van der Waals surface area contributed by atoms with Crippen LogP contribution in [-0.4, -0.2) is 51.3 Å². The molecule has 5 nitrogen and oxygen atoms in total. The second-order valence-corrected chi connectivity index (χ2v) is 6.95. The van der Waals surface area contributed by atoms with Crippen LogP contribution in [0, 0.1) is 0 Å². The summed E-state index contributed by atoms with van der Waals surface area (Å²) in [5.74, 6) is 0.135. The van der Waals surface area contributed by atoms with Crippen molar-refractivity contribution in [1.82, 2.24) is 19.2 Å². The van der Waals surface area contributed by atoms with Gasteiger partial charge in [-0.3, -0.25) is 9.69 Å². The molecule has 1 aliphatic heterocycles. The quantitative estimate of drug-likeness (QED) is 0.850. The van der Waals surface area contributed by atoms with Crippen molar-refractivity contribution in [1.29, 1.82) is 0 Å². The predicted molar refractivity (Wildman–Crippen MR) is 92.0 cm³/mol. The lowest BCUT2D eigenvalue weighted by molar-refractivity contribution is -0.130. The average Bonchev–Trinajstić information content (AvgIpc) is 2.90. The van der Waals surface area contributed by atoms with E-state index in [-0.39, 0.29) is 5.91 Å². The number of halogens is 2. The second kappa shape index (κ2) is 6.67. The summed E-state index contributed by atoms with van der Waals surface area (Å²) in [6.07, 6.45) is 5.78. The summed E-state index contributed by atoms with van der Waals surface area (Å²) in [5.41, 5.74) is 1.71. The predicted octanol–water partition coefficient (Wildman–Crippen LogP) is 3.08. The molecule has 0 saturated carbocycles. The monoisotopic (exact) mass is 354 g/mol. The van der Waals surface area contributed by atoms with E-state index in [4.69, 9.17) is 23.2 Å². The van der Waals surface area contributed by atoms with Crippen molar-refractivity contribution in [3.05, 3.63) is 34.2 Å². The Morgan fingerprint density at radius 2 is 2.04 bits per heavy atom. The smallest absolute Gasteiger partial charge is 0.219 e. The van der Waals surface area contributed by atoms with Gasteiger partial charge in [-0.05, 0) is 18.9 Å². The van der Waals surface area contributed by atoms with E-state index in [1.807, 2.05) is 28.7 Å². The number of carbonyl (C=O) groups is 1. The van der Waals surface area contributed by atoms with Crippen molar-refractivity contribution in [2.75, 3.05) is 20.1 Å². The zero-order valence-corrected chi connectivity index (χ0v) is 14.8. The third-order valence-electron chi connectivity index (χ3n) is 4.51. The fourth-order valence-electron chi connectivity index (χ4n) is 3.10. The Bertz CT molecular complexity index is 722. The molecule has 2 aromatic rings. The number of pyridine rings is 1. The molecule has 0 aromatic carbocycles. The first kappa shape index (κ1) is 16.6. The first-order valence-electron chi connectivity index (χ1n) is 7.72. The van der Waals surface area contributed by atoms with Crippen molar-refractivity contribution in [3.8, 4) is 0 Å². The summed E-state index contributed by atoms with van der Waals surface area (Å²) in [6.45, 7) is 4.33. The third kappa shape index (κ3) is 3.62. The number of fused-ring (bicyclic) bond motifs is 1. The van der Waals surface area contributed by atoms with Gasteiger partial charge in [-0.25, -0.2) is 4.98 Å². The van der Waals surface area contributed by atoms with Gasteiger partial charge in [0, 0.05) is 52.0 Å². The standard InChI is InChI=1S/C16H20Cl2N4O/c1-11(23)20(2)14-3-5-21(6-4-14)9-13-10-22-8-12(17)7-15(18)16(22)19-13/h7-8,10,14H,3-6,9H2,1-2H3. The summed E-state index contributed by atoms with van der Waals surface area (Å²) in [6, 6.07) is 2.05. The van der Waals surface area contributed by atoms with Crippen LogP contribution < -0.4 is 0 Å². The Morgan fingerprint density at radius 3 is 2.70 bits per heavy atom. The minimum absolute atomic E-state index is 0.135. The molecule has 1 aliphatic rings. The van der Waals surface area contributed by atoms with Crippen molar-refractivity contribution >= 4 is 34.8 Å². The molecule has 0 bridgehead atoms. The topological polar surface area (TPSA) is 40.9 Å². The van der Waals surface area contributed by atoms with Crippen molar-refractivity contribution in [3.63, 3.8) is 0 Å². The second-order valence-electron chi connectivity index (χ2n) is 6.11. The third-order valence-corrected chi connectivity index (χ3v) is 4.99. The van der Waals surface area contributed by atoms with Crippen molar-refractivity contribution in [2.24, 2.45) is 0 Å². The van der Waals surface area contributed by atoms with Crippen LogP contribution in [0.5, 0.6) is 0 Å². The van der Waals surface area contributed by atoms with Gasteiger partial charge in [0.1, 0.15) is 0 Å². The van der Waals surface area contributed by atoms with Crippen LogP contribution in [0.15, 0.2) is 18.5 Å². The minimum atomic E-state index is 0.135. The summed E-state index contributed by atoms with van der Waals surface area (Å²) in [5, 5.41) is 1.16. The highest BCUT2D eigenvalue weighted by Crippen LogP contribution is 2.23. The van der Waals surface area contributed by atoms with Gasteiger partial charge in [-0.1, -0.05) is 23.2 Å². The summed E-state index contributed by atoms with van der Waals surface area (Å²) in [7, 11) is 1.89. The zero-order valence-electron chi connectivity index (χ0n) is 13.3. The molecule has 0 N–H and O–H groups in total. The molecule has 23 heavy (non-hydrogen) atoms. The number of imidazole rings is 1. The fraction of sp³-hybridized carbons (Fsp3) is 0.500. The van der Waals surface area contributed by atoms with Gasteiger partial charge in [-0.2, -0.15) is 0 Å². The highest BCUT2D eigenvalue weighted by Gasteiger charge is 2.24. The van der Waals surface area contributed by atoms with Gasteiger partial charge in [0.25, 0.3) is 0 Å². The lowest BCUT2D eigenvalue weighted by Gasteiger charge is -2.36. The zero-order chi connectivity index (χ0) is 16.6. The molecule has 7 heteroatoms. The number of hydrogen-bond acceptors (Lipinski definition) is 3. The summed E-state index contributed by atoms with van der Waals surface area (Å²) < 4.78 is 1.87. The molecule has 0 radical (unpaired) electrons. The van der Waals surface area contributed by atoms with Gasteiger partial charge in [0.15, 0.2) is 5.65 Å². The van der Waals surface area contributed by atoms with E-state index in [9.17, 15) is 4.79 Å². The number of carbonyl (C=O) groups excluding carboxylic acids is 1. The first-order chi connectivity index (χ1) is 10.9. The van der Waals surface area contributed by atoms with Crippen LogP contribution >= 0.6 is 23.2 Å². The molecular weight excluding hydrogens is 335 g/mol.